The lowest BCUT2D eigenvalue weighted by Gasteiger charge is -2.46. The highest BCUT2D eigenvalue weighted by Crippen LogP contribution is 2.45. The molecule has 2 fully saturated rings. The van der Waals surface area contributed by atoms with Gasteiger partial charge in [0.05, 0.1) is 5.41 Å². The molecule has 2 aromatic carbocycles. The van der Waals surface area contributed by atoms with Gasteiger partial charge in [0, 0.05) is 25.3 Å². The maximum Gasteiger partial charge on any atom is 0.319 e. The SMILES string of the molecule is Cc1ccc(NC(=O)NCC2CCCN(C(=O)C3(c4cccc(F)c4)CCC3)C2)cc1. The van der Waals surface area contributed by atoms with Crippen molar-refractivity contribution in [3.8, 4) is 0 Å². The molecule has 0 aromatic heterocycles. The molecule has 1 saturated carbocycles. The summed E-state index contributed by atoms with van der Waals surface area (Å²) in [6.07, 6.45) is 4.42. The van der Waals surface area contributed by atoms with Crippen LogP contribution in [-0.2, 0) is 10.2 Å². The molecule has 0 spiro atoms. The first-order valence-electron chi connectivity index (χ1n) is 11.1. The van der Waals surface area contributed by atoms with Crippen LogP contribution in [0.3, 0.4) is 0 Å². The molecule has 3 amide bonds. The number of rotatable bonds is 5. The number of halogens is 1. The number of nitrogens with one attached hydrogen (secondary N) is 2. The number of hydrogen-bond donors (Lipinski definition) is 2. The Bertz CT molecular complexity index is 940. The van der Waals surface area contributed by atoms with E-state index >= 15 is 0 Å². The van der Waals surface area contributed by atoms with Crippen LogP contribution < -0.4 is 10.6 Å². The second-order valence-electron chi connectivity index (χ2n) is 8.91. The van der Waals surface area contributed by atoms with Crippen LogP contribution in [0.4, 0.5) is 14.9 Å². The Labute approximate surface area is 183 Å². The second kappa shape index (κ2) is 9.08. The van der Waals surface area contributed by atoms with Crippen LogP contribution in [0.1, 0.15) is 43.2 Å². The van der Waals surface area contributed by atoms with Gasteiger partial charge in [-0.3, -0.25) is 4.79 Å². The number of nitrogens with zero attached hydrogens (tertiary/aromatic N) is 1. The number of benzene rings is 2. The van der Waals surface area contributed by atoms with E-state index in [-0.39, 0.29) is 23.7 Å². The van der Waals surface area contributed by atoms with Gasteiger partial charge in [0.15, 0.2) is 0 Å². The van der Waals surface area contributed by atoms with E-state index in [9.17, 15) is 14.0 Å². The smallest absolute Gasteiger partial charge is 0.319 e. The number of carbonyl (C=O) groups excluding carboxylic acids is 2. The molecule has 1 unspecified atom stereocenters. The minimum atomic E-state index is -0.583. The first kappa shape index (κ1) is 21.3. The van der Waals surface area contributed by atoms with E-state index < -0.39 is 5.41 Å². The summed E-state index contributed by atoms with van der Waals surface area (Å²) in [7, 11) is 0. The molecular weight excluding hydrogens is 393 g/mol. The summed E-state index contributed by atoms with van der Waals surface area (Å²) in [5, 5.41) is 5.79. The quantitative estimate of drug-likeness (QED) is 0.737. The molecule has 1 atom stereocenters. The van der Waals surface area contributed by atoms with Gasteiger partial charge in [-0.2, -0.15) is 0 Å². The van der Waals surface area contributed by atoms with E-state index in [0.29, 0.717) is 13.1 Å². The Morgan fingerprint density at radius 1 is 1.13 bits per heavy atom. The number of carbonyl (C=O) groups is 2. The molecule has 1 aliphatic carbocycles. The van der Waals surface area contributed by atoms with Crippen molar-refractivity contribution < 1.29 is 14.0 Å². The van der Waals surface area contributed by atoms with E-state index in [4.69, 9.17) is 0 Å². The van der Waals surface area contributed by atoms with E-state index in [0.717, 1.165) is 55.5 Å². The Morgan fingerprint density at radius 3 is 2.58 bits per heavy atom. The first-order chi connectivity index (χ1) is 15.0. The lowest BCUT2D eigenvalue weighted by Crippen LogP contribution is -2.54. The zero-order valence-corrected chi connectivity index (χ0v) is 18.0. The largest absolute Gasteiger partial charge is 0.342 e. The van der Waals surface area contributed by atoms with Gasteiger partial charge in [0.2, 0.25) is 5.91 Å². The zero-order chi connectivity index (χ0) is 21.8. The van der Waals surface area contributed by atoms with Crippen LogP contribution in [0.5, 0.6) is 0 Å². The van der Waals surface area contributed by atoms with Crippen molar-refractivity contribution in [1.29, 1.82) is 0 Å². The molecule has 4 rings (SSSR count). The number of urea groups is 1. The molecule has 164 valence electrons. The topological polar surface area (TPSA) is 61.4 Å². The number of anilines is 1. The van der Waals surface area contributed by atoms with Crippen LogP contribution in [0.15, 0.2) is 48.5 Å². The van der Waals surface area contributed by atoms with Gasteiger partial charge in [-0.05, 0) is 68.4 Å². The Balaban J connectivity index is 1.34. The molecule has 2 aromatic rings. The molecular formula is C25H30FN3O2. The fraction of sp³-hybridized carbons (Fsp3) is 0.440. The summed E-state index contributed by atoms with van der Waals surface area (Å²) >= 11 is 0. The second-order valence-corrected chi connectivity index (χ2v) is 8.91. The minimum Gasteiger partial charge on any atom is -0.342 e. The Morgan fingerprint density at radius 2 is 1.90 bits per heavy atom. The summed E-state index contributed by atoms with van der Waals surface area (Å²) in [6, 6.07) is 13.9. The van der Waals surface area contributed by atoms with Crippen molar-refractivity contribution in [2.45, 2.75) is 44.4 Å². The monoisotopic (exact) mass is 423 g/mol. The maximum atomic E-state index is 13.8. The number of amides is 3. The maximum absolute atomic E-state index is 13.8. The normalized spacial score (nSPS) is 19.9. The van der Waals surface area contributed by atoms with Gasteiger partial charge < -0.3 is 15.5 Å². The van der Waals surface area contributed by atoms with Crippen molar-refractivity contribution >= 4 is 17.6 Å². The fourth-order valence-corrected chi connectivity index (χ4v) is 4.71. The third kappa shape index (κ3) is 4.73. The predicted octanol–water partition coefficient (Wildman–Crippen LogP) is 4.62. The van der Waals surface area contributed by atoms with Crippen LogP contribution in [-0.4, -0.2) is 36.5 Å². The number of hydrogen-bond acceptors (Lipinski definition) is 2. The average molecular weight is 424 g/mol. The molecule has 0 bridgehead atoms. The highest BCUT2D eigenvalue weighted by Gasteiger charge is 2.48. The molecule has 0 radical (unpaired) electrons. The first-order valence-corrected chi connectivity index (χ1v) is 11.1. The van der Waals surface area contributed by atoms with Crippen molar-refractivity contribution in [1.82, 2.24) is 10.2 Å². The average Bonchev–Trinajstić information content (AvgIpc) is 2.73. The Kier molecular flexibility index (Phi) is 6.25. The minimum absolute atomic E-state index is 0.109. The van der Waals surface area contributed by atoms with Gasteiger partial charge in [-0.1, -0.05) is 36.2 Å². The lowest BCUT2D eigenvalue weighted by molar-refractivity contribution is -0.142. The predicted molar refractivity (Wildman–Crippen MR) is 119 cm³/mol. The molecule has 2 N–H and O–H groups in total. The molecule has 2 aliphatic rings. The molecule has 5 nitrogen and oxygen atoms in total. The van der Waals surface area contributed by atoms with Gasteiger partial charge in [0.25, 0.3) is 0 Å². The number of piperidine rings is 1. The van der Waals surface area contributed by atoms with Crippen molar-refractivity contribution in [2.75, 3.05) is 25.0 Å². The van der Waals surface area contributed by atoms with Crippen LogP contribution >= 0.6 is 0 Å². The summed E-state index contributed by atoms with van der Waals surface area (Å²) < 4.78 is 13.8. The van der Waals surface area contributed by atoms with Gasteiger partial charge in [-0.25, -0.2) is 9.18 Å². The molecule has 6 heteroatoms. The third-order valence-corrected chi connectivity index (χ3v) is 6.66. The van der Waals surface area contributed by atoms with Crippen molar-refractivity contribution in [3.05, 3.63) is 65.5 Å². The summed E-state index contributed by atoms with van der Waals surface area (Å²) in [5.74, 6) is 0.0288. The molecule has 1 aliphatic heterocycles. The van der Waals surface area contributed by atoms with Gasteiger partial charge in [0.1, 0.15) is 5.82 Å². The molecule has 1 heterocycles. The molecule has 1 saturated heterocycles. The van der Waals surface area contributed by atoms with Crippen LogP contribution in [0, 0.1) is 18.7 Å². The highest BCUT2D eigenvalue weighted by atomic mass is 19.1. The number of likely N-dealkylation sites (tertiary alicyclic amines) is 1. The van der Waals surface area contributed by atoms with E-state index in [2.05, 4.69) is 10.6 Å². The lowest BCUT2D eigenvalue weighted by atomic mass is 9.63. The van der Waals surface area contributed by atoms with Crippen molar-refractivity contribution in [2.24, 2.45) is 5.92 Å². The summed E-state index contributed by atoms with van der Waals surface area (Å²) in [6.45, 7) is 3.87. The highest BCUT2D eigenvalue weighted by molar-refractivity contribution is 5.90. The summed E-state index contributed by atoms with van der Waals surface area (Å²) in [4.78, 5) is 27.6. The Hall–Kier alpha value is -2.89. The van der Waals surface area contributed by atoms with E-state index in [1.54, 1.807) is 6.07 Å². The standard InChI is InChI=1S/C25H30FN3O2/c1-18-8-10-22(11-9-18)28-24(31)27-16-19-5-3-14-29(17-19)23(30)25(12-4-13-25)20-6-2-7-21(26)15-20/h2,6-11,15,19H,3-5,12-14,16-17H2,1H3,(H2,27,28,31). The van der Waals surface area contributed by atoms with E-state index in [1.165, 1.54) is 12.1 Å². The zero-order valence-electron chi connectivity index (χ0n) is 18.0. The third-order valence-electron chi connectivity index (χ3n) is 6.66. The van der Waals surface area contributed by atoms with Gasteiger partial charge >= 0.3 is 6.03 Å². The van der Waals surface area contributed by atoms with Crippen LogP contribution in [0.25, 0.3) is 0 Å². The summed E-state index contributed by atoms with van der Waals surface area (Å²) in [5.41, 5.74) is 2.10. The fourth-order valence-electron chi connectivity index (χ4n) is 4.71. The number of aryl methyl sites for hydroxylation is 1. The van der Waals surface area contributed by atoms with Crippen LogP contribution in [0.2, 0.25) is 0 Å². The van der Waals surface area contributed by atoms with Gasteiger partial charge in [-0.15, -0.1) is 0 Å². The molecule has 31 heavy (non-hydrogen) atoms. The van der Waals surface area contributed by atoms with Crippen molar-refractivity contribution in [3.63, 3.8) is 0 Å². The van der Waals surface area contributed by atoms with E-state index in [1.807, 2.05) is 42.2 Å².